The van der Waals surface area contributed by atoms with Crippen molar-refractivity contribution in [3.63, 3.8) is 0 Å². The minimum absolute atomic E-state index is 0.00383. The summed E-state index contributed by atoms with van der Waals surface area (Å²) in [6, 6.07) is 21.7. The fourth-order valence-electron chi connectivity index (χ4n) is 3.74. The number of fused-ring (bicyclic) bond motifs is 1. The third kappa shape index (κ3) is 4.16. The molecule has 0 aliphatic heterocycles. The molecule has 31 heavy (non-hydrogen) atoms. The van der Waals surface area contributed by atoms with E-state index in [0.29, 0.717) is 17.5 Å². The highest BCUT2D eigenvalue weighted by atomic mass is 16.6. The predicted molar refractivity (Wildman–Crippen MR) is 119 cm³/mol. The van der Waals surface area contributed by atoms with Gasteiger partial charge in [-0.25, -0.2) is 4.98 Å². The standard InChI is InChI=1S/C24H22N4O3/c1-16-14-18(12-13-21(16)28(30)31)24(29)26-20(17-8-4-3-5-9-17)15-23-25-19-10-6-7-11-22(19)27(23)2/h3-14,20H,15H2,1-2H3,(H,26,29)/t20-/m1/s1. The summed E-state index contributed by atoms with van der Waals surface area (Å²) in [5.74, 6) is 0.570. The Morgan fingerprint density at radius 3 is 2.48 bits per heavy atom. The normalized spacial score (nSPS) is 11.9. The van der Waals surface area contributed by atoms with E-state index in [4.69, 9.17) is 4.98 Å². The molecule has 1 aromatic heterocycles. The molecule has 1 amide bonds. The first-order valence-electron chi connectivity index (χ1n) is 9.95. The molecule has 0 saturated carbocycles. The highest BCUT2D eigenvalue weighted by Crippen LogP contribution is 2.23. The first kappa shape index (κ1) is 20.3. The van der Waals surface area contributed by atoms with E-state index in [1.807, 2.05) is 66.2 Å². The van der Waals surface area contributed by atoms with Gasteiger partial charge in [0.05, 0.1) is 22.0 Å². The molecule has 0 bridgehead atoms. The molecule has 4 rings (SSSR count). The molecule has 0 saturated heterocycles. The third-order valence-electron chi connectivity index (χ3n) is 5.43. The van der Waals surface area contributed by atoms with Gasteiger partial charge in [-0.15, -0.1) is 0 Å². The molecular weight excluding hydrogens is 392 g/mol. The molecule has 0 unspecified atom stereocenters. The average Bonchev–Trinajstić information content (AvgIpc) is 3.09. The molecule has 0 aliphatic rings. The van der Waals surface area contributed by atoms with Crippen LogP contribution in [0.15, 0.2) is 72.8 Å². The molecule has 0 fully saturated rings. The number of para-hydroxylation sites is 2. The summed E-state index contributed by atoms with van der Waals surface area (Å²) >= 11 is 0. The zero-order valence-electron chi connectivity index (χ0n) is 17.3. The Kier molecular flexibility index (Phi) is 5.49. The number of carbonyl (C=O) groups is 1. The van der Waals surface area contributed by atoms with Crippen molar-refractivity contribution in [3.8, 4) is 0 Å². The Hall–Kier alpha value is -4.00. The fourth-order valence-corrected chi connectivity index (χ4v) is 3.74. The molecular formula is C24H22N4O3. The summed E-state index contributed by atoms with van der Waals surface area (Å²) in [7, 11) is 1.97. The van der Waals surface area contributed by atoms with Crippen molar-refractivity contribution in [2.75, 3.05) is 0 Å². The molecule has 3 aromatic carbocycles. The van der Waals surface area contributed by atoms with E-state index in [1.54, 1.807) is 13.0 Å². The van der Waals surface area contributed by atoms with Gasteiger partial charge in [0.2, 0.25) is 0 Å². The van der Waals surface area contributed by atoms with Gasteiger partial charge in [0.25, 0.3) is 11.6 Å². The second-order valence-electron chi connectivity index (χ2n) is 7.47. The van der Waals surface area contributed by atoms with E-state index in [2.05, 4.69) is 5.32 Å². The van der Waals surface area contributed by atoms with Crippen LogP contribution in [0.25, 0.3) is 11.0 Å². The first-order valence-corrected chi connectivity index (χ1v) is 9.95. The maximum absolute atomic E-state index is 13.0. The zero-order chi connectivity index (χ0) is 22.0. The summed E-state index contributed by atoms with van der Waals surface area (Å²) in [6.45, 7) is 1.63. The van der Waals surface area contributed by atoms with Gasteiger partial charge in [-0.2, -0.15) is 0 Å². The van der Waals surface area contributed by atoms with Crippen molar-refractivity contribution in [2.24, 2.45) is 7.05 Å². The summed E-state index contributed by atoms with van der Waals surface area (Å²) in [6.07, 6.45) is 0.507. The fraction of sp³-hybridized carbons (Fsp3) is 0.167. The lowest BCUT2D eigenvalue weighted by atomic mass is 10.0. The Balaban J connectivity index is 1.64. The van der Waals surface area contributed by atoms with Crippen LogP contribution in [0.2, 0.25) is 0 Å². The maximum Gasteiger partial charge on any atom is 0.272 e. The largest absolute Gasteiger partial charge is 0.345 e. The van der Waals surface area contributed by atoms with Crippen LogP contribution >= 0.6 is 0 Å². The number of hydrogen-bond donors (Lipinski definition) is 1. The molecule has 156 valence electrons. The number of amides is 1. The van der Waals surface area contributed by atoms with Gasteiger partial charge in [0, 0.05) is 30.7 Å². The molecule has 0 spiro atoms. The lowest BCUT2D eigenvalue weighted by molar-refractivity contribution is -0.385. The van der Waals surface area contributed by atoms with Crippen molar-refractivity contribution < 1.29 is 9.72 Å². The minimum atomic E-state index is -0.449. The van der Waals surface area contributed by atoms with Gasteiger partial charge in [0.1, 0.15) is 5.82 Å². The summed E-state index contributed by atoms with van der Waals surface area (Å²) < 4.78 is 2.04. The van der Waals surface area contributed by atoms with Crippen LogP contribution in [0, 0.1) is 17.0 Å². The monoisotopic (exact) mass is 414 g/mol. The second-order valence-corrected chi connectivity index (χ2v) is 7.47. The van der Waals surface area contributed by atoms with Gasteiger partial charge < -0.3 is 9.88 Å². The van der Waals surface area contributed by atoms with Crippen molar-refractivity contribution in [3.05, 3.63) is 105 Å². The average molecular weight is 414 g/mol. The number of nitro benzene ring substituents is 1. The Morgan fingerprint density at radius 1 is 1.10 bits per heavy atom. The van der Waals surface area contributed by atoms with Crippen LogP contribution in [-0.4, -0.2) is 20.4 Å². The van der Waals surface area contributed by atoms with Gasteiger partial charge in [-0.05, 0) is 36.8 Å². The number of imidazole rings is 1. The first-order chi connectivity index (χ1) is 14.9. The van der Waals surface area contributed by atoms with E-state index in [-0.39, 0.29) is 17.6 Å². The molecule has 1 N–H and O–H groups in total. The molecule has 0 aliphatic carbocycles. The number of benzene rings is 3. The van der Waals surface area contributed by atoms with E-state index >= 15 is 0 Å². The van der Waals surface area contributed by atoms with Crippen molar-refractivity contribution in [1.82, 2.24) is 14.9 Å². The zero-order valence-corrected chi connectivity index (χ0v) is 17.3. The van der Waals surface area contributed by atoms with Crippen molar-refractivity contribution >= 4 is 22.6 Å². The number of aryl methyl sites for hydroxylation is 2. The molecule has 7 heteroatoms. The molecule has 4 aromatic rings. The smallest absolute Gasteiger partial charge is 0.272 e. The van der Waals surface area contributed by atoms with Crippen LogP contribution < -0.4 is 5.32 Å². The molecule has 7 nitrogen and oxygen atoms in total. The predicted octanol–water partition coefficient (Wildman–Crippen LogP) is 4.50. The number of nitrogens with one attached hydrogen (secondary N) is 1. The second kappa shape index (κ2) is 8.39. The van der Waals surface area contributed by atoms with E-state index < -0.39 is 4.92 Å². The van der Waals surface area contributed by atoms with Crippen LogP contribution in [0.5, 0.6) is 0 Å². The van der Waals surface area contributed by atoms with Crippen LogP contribution in [0.4, 0.5) is 5.69 Å². The Morgan fingerprint density at radius 2 is 1.81 bits per heavy atom. The summed E-state index contributed by atoms with van der Waals surface area (Å²) in [5, 5.41) is 14.2. The van der Waals surface area contributed by atoms with Gasteiger partial charge in [-0.3, -0.25) is 14.9 Å². The third-order valence-corrected chi connectivity index (χ3v) is 5.43. The minimum Gasteiger partial charge on any atom is -0.345 e. The Labute approximate surface area is 179 Å². The van der Waals surface area contributed by atoms with E-state index in [1.165, 1.54) is 12.1 Å². The van der Waals surface area contributed by atoms with Crippen LogP contribution in [0.1, 0.15) is 33.4 Å². The van der Waals surface area contributed by atoms with Gasteiger partial charge in [-0.1, -0.05) is 42.5 Å². The number of nitro groups is 1. The molecule has 0 radical (unpaired) electrons. The quantitative estimate of drug-likeness (QED) is 0.371. The highest BCUT2D eigenvalue weighted by molar-refractivity contribution is 5.95. The number of nitrogens with zero attached hydrogens (tertiary/aromatic N) is 3. The topological polar surface area (TPSA) is 90.1 Å². The lowest BCUT2D eigenvalue weighted by Gasteiger charge is -2.19. The van der Waals surface area contributed by atoms with E-state index in [0.717, 1.165) is 22.4 Å². The van der Waals surface area contributed by atoms with Crippen molar-refractivity contribution in [2.45, 2.75) is 19.4 Å². The van der Waals surface area contributed by atoms with Gasteiger partial charge >= 0.3 is 0 Å². The number of hydrogen-bond acceptors (Lipinski definition) is 4. The summed E-state index contributed by atoms with van der Waals surface area (Å²) in [4.78, 5) is 28.4. The SMILES string of the molecule is Cc1cc(C(=O)N[C@H](Cc2nc3ccccc3n2C)c2ccccc2)ccc1[N+](=O)[O-]. The number of carbonyl (C=O) groups excluding carboxylic acids is 1. The number of aromatic nitrogens is 2. The maximum atomic E-state index is 13.0. The van der Waals surface area contributed by atoms with Gasteiger partial charge in [0.15, 0.2) is 0 Å². The summed E-state index contributed by atoms with van der Waals surface area (Å²) in [5.41, 5.74) is 3.72. The number of rotatable bonds is 6. The van der Waals surface area contributed by atoms with E-state index in [9.17, 15) is 14.9 Å². The molecule has 1 atom stereocenters. The van der Waals surface area contributed by atoms with Crippen molar-refractivity contribution in [1.29, 1.82) is 0 Å². The highest BCUT2D eigenvalue weighted by Gasteiger charge is 2.21. The van der Waals surface area contributed by atoms with Crippen LogP contribution in [0.3, 0.4) is 0 Å². The molecule has 1 heterocycles. The Bertz CT molecular complexity index is 1260. The van der Waals surface area contributed by atoms with Crippen LogP contribution in [-0.2, 0) is 13.5 Å². The lowest BCUT2D eigenvalue weighted by Crippen LogP contribution is -2.30.